The van der Waals surface area contributed by atoms with Gasteiger partial charge in [-0.3, -0.25) is 0 Å². The molecule has 1 aromatic rings. The van der Waals surface area contributed by atoms with Crippen molar-refractivity contribution in [3.63, 3.8) is 0 Å². The fourth-order valence-corrected chi connectivity index (χ4v) is 1.66. The molecule has 5 heteroatoms. The maximum atomic E-state index is 11.0. The molecule has 0 atom stereocenters. The van der Waals surface area contributed by atoms with E-state index in [2.05, 4.69) is 4.74 Å². The molecule has 0 saturated carbocycles. The second kappa shape index (κ2) is 4.33. The summed E-state index contributed by atoms with van der Waals surface area (Å²) < 4.78 is 4.55. The number of thiophene rings is 1. The van der Waals surface area contributed by atoms with Gasteiger partial charge >= 0.3 is 5.97 Å². The van der Waals surface area contributed by atoms with Gasteiger partial charge in [-0.1, -0.05) is 0 Å². The largest absolute Gasteiger partial charge is 0.465 e. The third-order valence-corrected chi connectivity index (χ3v) is 2.35. The number of nitrogens with two attached hydrogens (primary N) is 1. The molecule has 0 aliphatic rings. The zero-order valence-corrected chi connectivity index (χ0v) is 8.42. The van der Waals surface area contributed by atoms with Crippen molar-refractivity contribution in [2.45, 2.75) is 6.92 Å². The van der Waals surface area contributed by atoms with Crippen molar-refractivity contribution in [3.05, 3.63) is 16.5 Å². The van der Waals surface area contributed by atoms with Crippen molar-refractivity contribution in [2.75, 3.05) is 12.8 Å². The van der Waals surface area contributed by atoms with Gasteiger partial charge in [0.05, 0.1) is 12.1 Å². The van der Waals surface area contributed by atoms with Crippen molar-refractivity contribution >= 4 is 34.7 Å². The van der Waals surface area contributed by atoms with Crippen molar-refractivity contribution in [1.82, 2.24) is 0 Å². The Kier molecular flexibility index (Phi) is 4.06. The van der Waals surface area contributed by atoms with Crippen LogP contribution in [0, 0.1) is 6.92 Å². The predicted molar refractivity (Wildman–Crippen MR) is 52.1 cm³/mol. The van der Waals surface area contributed by atoms with Crippen molar-refractivity contribution < 1.29 is 9.53 Å². The van der Waals surface area contributed by atoms with Gasteiger partial charge in [0.25, 0.3) is 0 Å². The average Bonchev–Trinajstić information content (AvgIpc) is 2.28. The van der Waals surface area contributed by atoms with Crippen LogP contribution in [0.5, 0.6) is 0 Å². The normalized spacial score (nSPS) is 8.83. The van der Waals surface area contributed by atoms with E-state index in [0.29, 0.717) is 9.88 Å². The average molecular weight is 208 g/mol. The maximum Gasteiger partial charge on any atom is 0.348 e. The van der Waals surface area contributed by atoms with Crippen LogP contribution in [0.15, 0.2) is 6.07 Å². The molecule has 0 spiro atoms. The molecule has 0 amide bonds. The van der Waals surface area contributed by atoms with Crippen LogP contribution < -0.4 is 5.73 Å². The Hall–Kier alpha value is -0.740. The number of carbonyl (C=O) groups is 1. The van der Waals surface area contributed by atoms with Crippen LogP contribution in [0.25, 0.3) is 0 Å². The third kappa shape index (κ3) is 2.12. The van der Waals surface area contributed by atoms with Crippen molar-refractivity contribution in [1.29, 1.82) is 0 Å². The first kappa shape index (κ1) is 11.3. The minimum Gasteiger partial charge on any atom is -0.465 e. The predicted octanol–water partition coefficient (Wildman–Crippen LogP) is 1.85. The minimum atomic E-state index is -0.316. The van der Waals surface area contributed by atoms with Gasteiger partial charge < -0.3 is 10.5 Å². The number of aryl methyl sites for hydroxylation is 1. The molecular weight excluding hydrogens is 198 g/mol. The highest BCUT2D eigenvalue weighted by molar-refractivity contribution is 7.17. The molecule has 1 rings (SSSR count). The number of anilines is 1. The van der Waals surface area contributed by atoms with E-state index in [0.717, 1.165) is 5.56 Å². The molecule has 1 heterocycles. The number of ether oxygens (including phenoxy) is 1. The molecular formula is C7H10ClNO2S. The van der Waals surface area contributed by atoms with E-state index in [-0.39, 0.29) is 18.4 Å². The highest BCUT2D eigenvalue weighted by Gasteiger charge is 2.11. The van der Waals surface area contributed by atoms with E-state index in [4.69, 9.17) is 5.73 Å². The summed E-state index contributed by atoms with van der Waals surface area (Å²) in [5.74, 6) is -0.316. The van der Waals surface area contributed by atoms with Gasteiger partial charge in [0, 0.05) is 0 Å². The Morgan fingerprint density at radius 3 is 2.58 bits per heavy atom. The van der Waals surface area contributed by atoms with Gasteiger partial charge in [0.2, 0.25) is 0 Å². The molecule has 3 nitrogen and oxygen atoms in total. The lowest BCUT2D eigenvalue weighted by Crippen LogP contribution is -1.99. The number of esters is 1. The second-order valence-corrected chi connectivity index (χ2v) is 3.24. The summed E-state index contributed by atoms with van der Waals surface area (Å²) in [5.41, 5.74) is 6.36. The second-order valence-electron chi connectivity index (χ2n) is 2.15. The van der Waals surface area contributed by atoms with Crippen LogP contribution >= 0.6 is 23.7 Å². The number of hydrogen-bond acceptors (Lipinski definition) is 4. The molecule has 0 aliphatic heterocycles. The third-order valence-electron chi connectivity index (χ3n) is 1.31. The fourth-order valence-electron chi connectivity index (χ4n) is 0.802. The highest BCUT2D eigenvalue weighted by atomic mass is 35.5. The van der Waals surface area contributed by atoms with Gasteiger partial charge in [-0.2, -0.15) is 0 Å². The number of methoxy groups -OCH3 is 1. The van der Waals surface area contributed by atoms with Gasteiger partial charge in [-0.05, 0) is 18.6 Å². The number of carbonyl (C=O) groups excluding carboxylic acids is 1. The van der Waals surface area contributed by atoms with Crippen molar-refractivity contribution in [2.24, 2.45) is 0 Å². The maximum absolute atomic E-state index is 11.0. The lowest BCUT2D eigenvalue weighted by Gasteiger charge is -1.94. The Balaban J connectivity index is 0.00000121. The summed E-state index contributed by atoms with van der Waals surface area (Å²) >= 11 is 1.25. The number of rotatable bonds is 1. The number of halogens is 1. The quantitative estimate of drug-likeness (QED) is 0.716. The van der Waals surface area contributed by atoms with Crippen LogP contribution in [0.2, 0.25) is 0 Å². The van der Waals surface area contributed by atoms with Gasteiger partial charge in [0.15, 0.2) is 0 Å². The van der Waals surface area contributed by atoms with Gasteiger partial charge in [0.1, 0.15) is 4.88 Å². The van der Waals surface area contributed by atoms with E-state index >= 15 is 0 Å². The Morgan fingerprint density at radius 1 is 1.67 bits per heavy atom. The summed E-state index contributed by atoms with van der Waals surface area (Å²) in [5, 5.41) is 0.642. The summed E-state index contributed by atoms with van der Waals surface area (Å²) in [6.07, 6.45) is 0. The monoisotopic (exact) mass is 207 g/mol. The van der Waals surface area contributed by atoms with Crippen LogP contribution in [0.4, 0.5) is 5.00 Å². The van der Waals surface area contributed by atoms with E-state index in [1.54, 1.807) is 6.07 Å². The molecule has 0 saturated heterocycles. The molecule has 0 unspecified atom stereocenters. The molecule has 0 fully saturated rings. The smallest absolute Gasteiger partial charge is 0.348 e. The molecule has 0 aliphatic carbocycles. The van der Waals surface area contributed by atoms with Crippen molar-refractivity contribution in [3.8, 4) is 0 Å². The summed E-state index contributed by atoms with van der Waals surface area (Å²) in [6, 6.07) is 1.76. The van der Waals surface area contributed by atoms with E-state index in [9.17, 15) is 4.79 Å². The number of hydrogen-bond donors (Lipinski definition) is 1. The number of nitrogen functional groups attached to an aromatic ring is 1. The van der Waals surface area contributed by atoms with E-state index < -0.39 is 0 Å². The topological polar surface area (TPSA) is 52.3 Å². The molecule has 0 radical (unpaired) electrons. The van der Waals surface area contributed by atoms with Crippen LogP contribution in [-0.2, 0) is 4.74 Å². The Morgan fingerprint density at radius 2 is 2.25 bits per heavy atom. The zero-order valence-electron chi connectivity index (χ0n) is 6.79. The Labute approximate surface area is 80.9 Å². The minimum absolute atomic E-state index is 0. The van der Waals surface area contributed by atoms with E-state index in [1.807, 2.05) is 6.92 Å². The highest BCUT2D eigenvalue weighted by Crippen LogP contribution is 2.23. The summed E-state index contributed by atoms with van der Waals surface area (Å²) in [4.78, 5) is 11.6. The van der Waals surface area contributed by atoms with Crippen LogP contribution in [0.1, 0.15) is 15.2 Å². The van der Waals surface area contributed by atoms with Gasteiger partial charge in [-0.25, -0.2) is 4.79 Å². The molecule has 2 N–H and O–H groups in total. The fraction of sp³-hybridized carbons (Fsp3) is 0.286. The molecule has 12 heavy (non-hydrogen) atoms. The zero-order chi connectivity index (χ0) is 8.43. The molecule has 1 aromatic heterocycles. The molecule has 0 bridgehead atoms. The lowest BCUT2D eigenvalue weighted by atomic mass is 10.3. The Bertz CT molecular complexity index is 285. The SMILES string of the molecule is COC(=O)c1sc(N)cc1C.Cl. The van der Waals surface area contributed by atoms with E-state index in [1.165, 1.54) is 18.4 Å². The standard InChI is InChI=1S/C7H9NO2S.ClH/c1-4-3-5(8)11-6(4)7(9)10-2;/h3H,8H2,1-2H3;1H. The van der Waals surface area contributed by atoms with Crippen LogP contribution in [0.3, 0.4) is 0 Å². The first-order valence-corrected chi connectivity index (χ1v) is 3.91. The summed E-state index contributed by atoms with van der Waals surface area (Å²) in [7, 11) is 1.36. The first-order chi connectivity index (χ1) is 5.15. The first-order valence-electron chi connectivity index (χ1n) is 3.09. The van der Waals surface area contributed by atoms with Gasteiger partial charge in [-0.15, -0.1) is 23.7 Å². The lowest BCUT2D eigenvalue weighted by molar-refractivity contribution is 0.0605. The molecule has 68 valence electrons. The molecule has 0 aromatic carbocycles. The summed E-state index contributed by atoms with van der Waals surface area (Å²) in [6.45, 7) is 1.83. The van der Waals surface area contributed by atoms with Crippen LogP contribution in [-0.4, -0.2) is 13.1 Å².